The van der Waals surface area contributed by atoms with Crippen LogP contribution in [-0.4, -0.2) is 27.2 Å². The topological polar surface area (TPSA) is 68.8 Å². The van der Waals surface area contributed by atoms with Crippen molar-refractivity contribution in [1.29, 1.82) is 0 Å². The Morgan fingerprint density at radius 2 is 1.56 bits per heavy atom. The highest BCUT2D eigenvalue weighted by Crippen LogP contribution is 2.23. The minimum Gasteiger partial charge on any atom is -0.325 e. The van der Waals surface area contributed by atoms with Gasteiger partial charge in [-0.3, -0.25) is 8.69 Å². The Morgan fingerprint density at radius 3 is 1.97 bits per heavy atom. The molecule has 0 aromatic carbocycles. The molecule has 0 bridgehead atoms. The molecule has 0 atom stereocenters. The molecule has 0 unspecified atom stereocenters. The van der Waals surface area contributed by atoms with Crippen molar-refractivity contribution in [2.75, 3.05) is 7.05 Å². The molecule has 10 heteroatoms. The Morgan fingerprint density at radius 1 is 1.09 bits per heavy atom. The summed E-state index contributed by atoms with van der Waals surface area (Å²) in [4.78, 5) is 8.55. The van der Waals surface area contributed by atoms with Crippen molar-refractivity contribution in [2.45, 2.75) is 93.3 Å². The summed E-state index contributed by atoms with van der Waals surface area (Å²) < 4.78 is 40.2. The van der Waals surface area contributed by atoms with Gasteiger partial charge in [0.15, 0.2) is 5.65 Å². The van der Waals surface area contributed by atoms with Crippen LogP contribution < -0.4 is 10.5 Å². The number of unbranched alkanes of at least 4 members (excludes halogenated alkanes) is 1. The molecular formula is C22H44F3N5S2. The van der Waals surface area contributed by atoms with Crippen LogP contribution in [0, 0.1) is 5.92 Å². The van der Waals surface area contributed by atoms with Crippen LogP contribution in [0.1, 0.15) is 85.7 Å². The second-order valence-corrected chi connectivity index (χ2v) is 8.02. The molecule has 32 heavy (non-hydrogen) atoms. The maximum atomic E-state index is 12.1. The molecule has 0 fully saturated rings. The average molecular weight is 500 g/mol. The lowest BCUT2D eigenvalue weighted by Crippen LogP contribution is -2.06. The van der Waals surface area contributed by atoms with Gasteiger partial charge in [0, 0.05) is 19.4 Å². The fourth-order valence-electron chi connectivity index (χ4n) is 1.92. The van der Waals surface area contributed by atoms with Gasteiger partial charge < -0.3 is 5.73 Å². The second-order valence-electron chi connectivity index (χ2n) is 7.17. The van der Waals surface area contributed by atoms with Crippen molar-refractivity contribution in [3.63, 3.8) is 0 Å². The quantitative estimate of drug-likeness (QED) is 0.264. The molecule has 2 heterocycles. The molecule has 0 saturated heterocycles. The molecule has 2 aromatic heterocycles. The largest absolute Gasteiger partial charge is 0.389 e. The third-order valence-electron chi connectivity index (χ3n) is 2.94. The zero-order chi connectivity index (χ0) is 25.7. The molecule has 2 aromatic rings. The lowest BCUT2D eigenvalue weighted by Gasteiger charge is -2.05. The summed E-state index contributed by atoms with van der Waals surface area (Å²) in [5.41, 5.74) is 7.47. The van der Waals surface area contributed by atoms with Crippen molar-refractivity contribution in [3.05, 3.63) is 23.7 Å². The summed E-state index contributed by atoms with van der Waals surface area (Å²) in [6.45, 7) is 15.1. The molecule has 0 radical (unpaired) electrons. The molecule has 0 saturated carbocycles. The number of aryl methyl sites for hydroxylation is 1. The first kappa shape index (κ1) is 35.6. The van der Waals surface area contributed by atoms with Gasteiger partial charge in [-0.15, -0.1) is 0 Å². The van der Waals surface area contributed by atoms with Gasteiger partial charge in [-0.1, -0.05) is 80.5 Å². The van der Waals surface area contributed by atoms with E-state index in [0.717, 1.165) is 11.4 Å². The van der Waals surface area contributed by atoms with Crippen LogP contribution in [0.25, 0.3) is 11.2 Å². The number of halogens is 3. The van der Waals surface area contributed by atoms with Crippen molar-refractivity contribution < 1.29 is 13.2 Å². The summed E-state index contributed by atoms with van der Waals surface area (Å²) >= 11 is 7.84. The molecule has 0 aliphatic heterocycles. The first-order valence-corrected chi connectivity index (χ1v) is 12.0. The number of hydrogen-bond acceptors (Lipinski definition) is 6. The number of nitrogens with two attached hydrogens (primary N) is 1. The van der Waals surface area contributed by atoms with Gasteiger partial charge in [0.25, 0.3) is 0 Å². The van der Waals surface area contributed by atoms with E-state index in [1.54, 1.807) is 17.1 Å². The van der Waals surface area contributed by atoms with E-state index in [1.807, 2.05) is 19.9 Å². The molecule has 0 aliphatic rings. The van der Waals surface area contributed by atoms with Crippen molar-refractivity contribution in [2.24, 2.45) is 11.7 Å². The zero-order valence-electron chi connectivity index (χ0n) is 20.9. The van der Waals surface area contributed by atoms with Crippen LogP contribution in [-0.2, 0) is 13.0 Å². The number of hydrogen-bond donors (Lipinski definition) is 4. The van der Waals surface area contributed by atoms with Crippen LogP contribution in [0.2, 0.25) is 0 Å². The van der Waals surface area contributed by atoms with E-state index in [4.69, 9.17) is 5.73 Å². The Bertz CT molecular complexity index is 673. The van der Waals surface area contributed by atoms with E-state index in [2.05, 4.69) is 74.9 Å². The molecule has 2 rings (SSSR count). The zero-order valence-corrected chi connectivity index (χ0v) is 22.7. The number of alkyl halides is 3. The van der Waals surface area contributed by atoms with Gasteiger partial charge in [0.05, 0.1) is 11.2 Å². The molecule has 0 spiro atoms. The van der Waals surface area contributed by atoms with E-state index in [0.29, 0.717) is 36.6 Å². The second kappa shape index (κ2) is 21.9. The number of rotatable bonds is 5. The number of imidazole rings is 1. The highest BCUT2D eigenvalue weighted by Gasteiger charge is 2.26. The van der Waals surface area contributed by atoms with Crippen LogP contribution >= 0.6 is 25.6 Å². The SMILES string of the molecule is CC.CC(C)C.CCC.CNS.NCc1ccc2c(n1)nc(CCCCC(F)(F)F)n2S. The summed E-state index contributed by atoms with van der Waals surface area (Å²) in [5, 5.41) is 0. The van der Waals surface area contributed by atoms with Crippen molar-refractivity contribution in [1.82, 2.24) is 18.7 Å². The van der Waals surface area contributed by atoms with Crippen molar-refractivity contribution in [3.8, 4) is 0 Å². The third kappa shape index (κ3) is 19.7. The summed E-state index contributed by atoms with van der Waals surface area (Å²) in [7, 11) is 1.74. The van der Waals surface area contributed by atoms with Crippen LogP contribution in [0.15, 0.2) is 12.1 Å². The molecule has 0 aliphatic carbocycles. The minimum atomic E-state index is -4.10. The van der Waals surface area contributed by atoms with E-state index in [9.17, 15) is 13.2 Å². The minimum absolute atomic E-state index is 0.0853. The molecule has 3 N–H and O–H groups in total. The van der Waals surface area contributed by atoms with Gasteiger partial charge in [-0.05, 0) is 37.9 Å². The number of pyridine rings is 1. The molecule has 0 amide bonds. The van der Waals surface area contributed by atoms with Gasteiger partial charge >= 0.3 is 6.18 Å². The highest BCUT2D eigenvalue weighted by atomic mass is 32.1. The molecule has 190 valence electrons. The summed E-state index contributed by atoms with van der Waals surface area (Å²) in [6, 6.07) is 3.59. The third-order valence-corrected chi connectivity index (χ3v) is 3.39. The Balaban J connectivity index is -0.000000588. The predicted octanol–water partition coefficient (Wildman–Crippen LogP) is 7.01. The van der Waals surface area contributed by atoms with Crippen LogP contribution in [0.3, 0.4) is 0 Å². The maximum absolute atomic E-state index is 12.1. The molecular weight excluding hydrogens is 455 g/mol. The normalized spacial score (nSPS) is 10.1. The van der Waals surface area contributed by atoms with E-state index in [1.165, 1.54) is 6.42 Å². The predicted molar refractivity (Wildman–Crippen MR) is 139 cm³/mol. The Labute approximate surface area is 204 Å². The summed E-state index contributed by atoms with van der Waals surface area (Å²) in [6.07, 6.45) is -2.68. The van der Waals surface area contributed by atoms with Crippen molar-refractivity contribution >= 4 is 36.8 Å². The fourth-order valence-corrected chi connectivity index (χ4v) is 2.22. The van der Waals surface area contributed by atoms with Gasteiger partial charge in [0.1, 0.15) is 5.82 Å². The Hall–Kier alpha value is -0.970. The molecule has 5 nitrogen and oxygen atoms in total. The number of aromatic nitrogens is 3. The smallest absolute Gasteiger partial charge is 0.325 e. The number of nitrogens with one attached hydrogen (secondary N) is 1. The highest BCUT2D eigenvalue weighted by molar-refractivity contribution is 7.78. The number of thiol groups is 2. The number of nitrogens with zero attached hydrogens (tertiary/aromatic N) is 3. The fraction of sp³-hybridized carbons (Fsp3) is 0.727. The summed E-state index contributed by atoms with van der Waals surface area (Å²) in [5.74, 6) is 1.45. The maximum Gasteiger partial charge on any atom is 0.389 e. The Kier molecular flexibility index (Phi) is 24.3. The van der Waals surface area contributed by atoms with Crippen LogP contribution in [0.5, 0.6) is 0 Å². The van der Waals surface area contributed by atoms with E-state index in [-0.39, 0.29) is 6.42 Å². The van der Waals surface area contributed by atoms with E-state index >= 15 is 0 Å². The average Bonchev–Trinajstić information content (AvgIpc) is 3.02. The number of fused-ring (bicyclic) bond motifs is 1. The van der Waals surface area contributed by atoms with Gasteiger partial charge in [-0.25, -0.2) is 9.97 Å². The standard InChI is InChI=1S/C12H15F3N4S.C4H10.C3H8.C2H6.CH5NS/c13-12(14,15)6-2-1-3-10-18-11-9(19(10)20)5-4-8(7-16)17-11;1-4(2)3;1-3-2;1-2;1-2-3/h4-5,20H,1-3,6-7,16H2;4H,1-3H3;3H2,1-2H3;1-2H3;2-3H,1H3. The monoisotopic (exact) mass is 499 g/mol. The first-order chi connectivity index (χ1) is 15.0. The lowest BCUT2D eigenvalue weighted by atomic mass is 10.2. The van der Waals surface area contributed by atoms with Gasteiger partial charge in [-0.2, -0.15) is 13.2 Å². The van der Waals surface area contributed by atoms with Crippen LogP contribution in [0.4, 0.5) is 13.2 Å². The van der Waals surface area contributed by atoms with E-state index < -0.39 is 12.6 Å². The lowest BCUT2D eigenvalue weighted by molar-refractivity contribution is -0.135. The van der Waals surface area contributed by atoms with Gasteiger partial charge in [0.2, 0.25) is 0 Å². The first-order valence-electron chi connectivity index (χ1n) is 11.1.